The van der Waals surface area contributed by atoms with Gasteiger partial charge in [-0.15, -0.1) is 0 Å². The standard InChI is InChI=1S/C17H20O4/c1-3-20-17(6-8-19-9-7-17)16(18)15-11-13-10-12(2)4-5-14(13)21-15/h4-5,10-11H,3,6-9H2,1-2H3. The van der Waals surface area contributed by atoms with Gasteiger partial charge in [0, 0.05) is 38.0 Å². The van der Waals surface area contributed by atoms with E-state index in [0.717, 1.165) is 16.5 Å². The highest BCUT2D eigenvalue weighted by atomic mass is 16.5. The molecule has 1 aliphatic heterocycles. The smallest absolute Gasteiger partial charge is 0.229 e. The average Bonchev–Trinajstić information content (AvgIpc) is 2.90. The molecule has 4 nitrogen and oxygen atoms in total. The summed E-state index contributed by atoms with van der Waals surface area (Å²) in [6, 6.07) is 7.72. The molecule has 1 aliphatic rings. The molecule has 21 heavy (non-hydrogen) atoms. The minimum Gasteiger partial charge on any atom is -0.453 e. The molecule has 1 fully saturated rings. The van der Waals surface area contributed by atoms with Gasteiger partial charge in [0.25, 0.3) is 0 Å². The van der Waals surface area contributed by atoms with Crippen molar-refractivity contribution in [2.24, 2.45) is 0 Å². The van der Waals surface area contributed by atoms with Gasteiger partial charge in [-0.05, 0) is 32.0 Å². The van der Waals surface area contributed by atoms with Crippen molar-refractivity contribution in [3.8, 4) is 0 Å². The Kier molecular flexibility index (Phi) is 3.83. The Bertz CT molecular complexity index is 644. The van der Waals surface area contributed by atoms with Crippen LogP contribution in [0.3, 0.4) is 0 Å². The first-order valence-corrected chi connectivity index (χ1v) is 7.41. The molecule has 0 aliphatic carbocycles. The number of aryl methyl sites for hydroxylation is 1. The summed E-state index contributed by atoms with van der Waals surface area (Å²) >= 11 is 0. The zero-order valence-corrected chi connectivity index (χ0v) is 12.5. The fraction of sp³-hybridized carbons (Fsp3) is 0.471. The molecule has 0 amide bonds. The molecule has 0 radical (unpaired) electrons. The first-order chi connectivity index (χ1) is 10.1. The molecular formula is C17H20O4. The zero-order chi connectivity index (χ0) is 14.9. The van der Waals surface area contributed by atoms with E-state index < -0.39 is 5.60 Å². The topological polar surface area (TPSA) is 48.7 Å². The molecule has 112 valence electrons. The van der Waals surface area contributed by atoms with E-state index in [1.165, 1.54) is 0 Å². The molecule has 0 atom stereocenters. The number of fused-ring (bicyclic) bond motifs is 1. The predicted molar refractivity (Wildman–Crippen MR) is 79.7 cm³/mol. The summed E-state index contributed by atoms with van der Waals surface area (Å²) < 4.78 is 16.9. The molecule has 0 spiro atoms. The van der Waals surface area contributed by atoms with Crippen molar-refractivity contribution in [3.05, 3.63) is 35.6 Å². The van der Waals surface area contributed by atoms with E-state index in [-0.39, 0.29) is 5.78 Å². The number of carbonyl (C=O) groups is 1. The highest BCUT2D eigenvalue weighted by Gasteiger charge is 2.42. The van der Waals surface area contributed by atoms with Crippen molar-refractivity contribution in [3.63, 3.8) is 0 Å². The van der Waals surface area contributed by atoms with Crippen molar-refractivity contribution in [1.82, 2.24) is 0 Å². The van der Waals surface area contributed by atoms with Crippen molar-refractivity contribution in [1.29, 1.82) is 0 Å². The lowest BCUT2D eigenvalue weighted by atomic mass is 9.88. The van der Waals surface area contributed by atoms with Gasteiger partial charge in [0.05, 0.1) is 0 Å². The van der Waals surface area contributed by atoms with E-state index in [1.54, 1.807) is 0 Å². The third kappa shape index (κ3) is 2.61. The fourth-order valence-corrected chi connectivity index (χ4v) is 2.91. The van der Waals surface area contributed by atoms with Crippen LogP contribution >= 0.6 is 0 Å². The summed E-state index contributed by atoms with van der Waals surface area (Å²) in [5.41, 5.74) is 1.09. The number of carbonyl (C=O) groups excluding carboxylic acids is 1. The van der Waals surface area contributed by atoms with Crippen LogP contribution in [0.15, 0.2) is 28.7 Å². The van der Waals surface area contributed by atoms with Crippen LogP contribution < -0.4 is 0 Å². The van der Waals surface area contributed by atoms with E-state index in [0.29, 0.717) is 38.4 Å². The third-order valence-electron chi connectivity index (χ3n) is 4.03. The maximum absolute atomic E-state index is 12.9. The van der Waals surface area contributed by atoms with Gasteiger partial charge in [0.15, 0.2) is 5.76 Å². The first kappa shape index (κ1) is 14.3. The Morgan fingerprint density at radius 3 is 2.76 bits per heavy atom. The normalized spacial score (nSPS) is 18.0. The van der Waals surface area contributed by atoms with Crippen molar-refractivity contribution in [2.45, 2.75) is 32.3 Å². The van der Waals surface area contributed by atoms with Gasteiger partial charge in [-0.25, -0.2) is 0 Å². The lowest BCUT2D eigenvalue weighted by molar-refractivity contribution is -0.0831. The molecule has 2 heterocycles. The Hall–Kier alpha value is -1.65. The minimum absolute atomic E-state index is 0.0681. The largest absolute Gasteiger partial charge is 0.453 e. The molecule has 4 heteroatoms. The van der Waals surface area contributed by atoms with E-state index >= 15 is 0 Å². The zero-order valence-electron chi connectivity index (χ0n) is 12.5. The van der Waals surface area contributed by atoms with E-state index in [4.69, 9.17) is 13.9 Å². The minimum atomic E-state index is -0.796. The van der Waals surface area contributed by atoms with Crippen LogP contribution in [0, 0.1) is 6.92 Å². The number of hydrogen-bond donors (Lipinski definition) is 0. The molecule has 3 rings (SSSR count). The van der Waals surface area contributed by atoms with Crippen molar-refractivity contribution < 1.29 is 18.7 Å². The Morgan fingerprint density at radius 2 is 2.05 bits per heavy atom. The van der Waals surface area contributed by atoms with Crippen LogP contribution in [0.25, 0.3) is 11.0 Å². The maximum atomic E-state index is 12.9. The summed E-state index contributed by atoms with van der Waals surface area (Å²) in [6.45, 7) is 5.53. The number of benzene rings is 1. The first-order valence-electron chi connectivity index (χ1n) is 7.41. The molecule has 2 aromatic rings. The van der Waals surface area contributed by atoms with Gasteiger partial charge in [-0.1, -0.05) is 11.6 Å². The SMILES string of the molecule is CCOC1(C(=O)c2cc3cc(C)ccc3o2)CCOCC1. The van der Waals surface area contributed by atoms with E-state index in [2.05, 4.69) is 0 Å². The summed E-state index contributed by atoms with van der Waals surface area (Å²) in [5.74, 6) is 0.312. The number of furan rings is 1. The fourth-order valence-electron chi connectivity index (χ4n) is 2.91. The second-order valence-corrected chi connectivity index (χ2v) is 5.52. The number of hydrogen-bond acceptors (Lipinski definition) is 4. The van der Waals surface area contributed by atoms with Crippen molar-refractivity contribution >= 4 is 16.8 Å². The van der Waals surface area contributed by atoms with Gasteiger partial charge >= 0.3 is 0 Å². The van der Waals surface area contributed by atoms with Crippen LogP contribution in [-0.2, 0) is 9.47 Å². The summed E-state index contributed by atoms with van der Waals surface area (Å²) in [7, 11) is 0. The third-order valence-corrected chi connectivity index (χ3v) is 4.03. The Labute approximate surface area is 124 Å². The quantitative estimate of drug-likeness (QED) is 0.808. The Balaban J connectivity index is 1.97. The van der Waals surface area contributed by atoms with Gasteiger partial charge in [-0.3, -0.25) is 4.79 Å². The van der Waals surface area contributed by atoms with Gasteiger partial charge in [-0.2, -0.15) is 0 Å². The van der Waals surface area contributed by atoms with Crippen LogP contribution in [0.5, 0.6) is 0 Å². The lowest BCUT2D eigenvalue weighted by Crippen LogP contribution is -2.46. The summed E-state index contributed by atoms with van der Waals surface area (Å²) in [4.78, 5) is 12.9. The summed E-state index contributed by atoms with van der Waals surface area (Å²) in [5, 5.41) is 0.956. The van der Waals surface area contributed by atoms with Crippen LogP contribution in [0.2, 0.25) is 0 Å². The van der Waals surface area contributed by atoms with Gasteiger partial charge in [0.1, 0.15) is 11.2 Å². The molecule has 1 aromatic carbocycles. The highest BCUT2D eigenvalue weighted by Crippen LogP contribution is 2.31. The monoisotopic (exact) mass is 288 g/mol. The average molecular weight is 288 g/mol. The van der Waals surface area contributed by atoms with Gasteiger partial charge in [0.2, 0.25) is 5.78 Å². The highest BCUT2D eigenvalue weighted by molar-refractivity contribution is 6.03. The maximum Gasteiger partial charge on any atom is 0.229 e. The molecular weight excluding hydrogens is 268 g/mol. The second kappa shape index (κ2) is 5.62. The molecule has 1 saturated heterocycles. The van der Waals surface area contributed by atoms with Crippen LogP contribution in [0.1, 0.15) is 35.9 Å². The molecule has 1 aromatic heterocycles. The van der Waals surface area contributed by atoms with Crippen LogP contribution in [-0.4, -0.2) is 31.2 Å². The lowest BCUT2D eigenvalue weighted by Gasteiger charge is -2.34. The predicted octanol–water partition coefficient (Wildman–Crippen LogP) is 3.51. The van der Waals surface area contributed by atoms with Gasteiger partial charge < -0.3 is 13.9 Å². The number of rotatable bonds is 4. The van der Waals surface area contributed by atoms with Crippen LogP contribution in [0.4, 0.5) is 0 Å². The van der Waals surface area contributed by atoms with Crippen molar-refractivity contribution in [2.75, 3.05) is 19.8 Å². The molecule has 0 bridgehead atoms. The molecule has 0 N–H and O–H groups in total. The van der Waals surface area contributed by atoms with E-state index in [1.807, 2.05) is 38.1 Å². The molecule has 0 saturated carbocycles. The number of ketones is 1. The number of ether oxygens (including phenoxy) is 2. The second-order valence-electron chi connectivity index (χ2n) is 5.52. The van der Waals surface area contributed by atoms with E-state index in [9.17, 15) is 4.79 Å². The molecule has 0 unspecified atom stereocenters. The Morgan fingerprint density at radius 1 is 1.29 bits per heavy atom. The summed E-state index contributed by atoms with van der Waals surface area (Å²) in [6.07, 6.45) is 1.16. The number of Topliss-reactive ketones (excluding diaryl/α,β-unsaturated/α-hetero) is 1.